The summed E-state index contributed by atoms with van der Waals surface area (Å²) >= 11 is 0. The quantitative estimate of drug-likeness (QED) is 0.827. The van der Waals surface area contributed by atoms with Crippen molar-refractivity contribution in [1.82, 2.24) is 10.3 Å². The Labute approximate surface area is 98.9 Å². The minimum Gasteiger partial charge on any atom is -0.372 e. The second-order valence-electron chi connectivity index (χ2n) is 4.63. The van der Waals surface area contributed by atoms with Crippen LogP contribution >= 0.6 is 0 Å². The van der Waals surface area contributed by atoms with Gasteiger partial charge in [0.25, 0.3) is 0 Å². The SMILES string of the molecule is CNCc1cc(N(C)C(C)C(C)C)ccn1. The van der Waals surface area contributed by atoms with E-state index in [0.717, 1.165) is 12.2 Å². The molecule has 1 aromatic rings. The molecule has 3 heteroatoms. The number of hydrogen-bond acceptors (Lipinski definition) is 3. The summed E-state index contributed by atoms with van der Waals surface area (Å²) in [5.41, 5.74) is 2.32. The van der Waals surface area contributed by atoms with Crippen LogP contribution in [-0.4, -0.2) is 25.1 Å². The van der Waals surface area contributed by atoms with E-state index in [-0.39, 0.29) is 0 Å². The van der Waals surface area contributed by atoms with E-state index in [1.807, 2.05) is 13.2 Å². The number of nitrogens with zero attached hydrogens (tertiary/aromatic N) is 2. The second kappa shape index (κ2) is 5.85. The number of hydrogen-bond donors (Lipinski definition) is 1. The van der Waals surface area contributed by atoms with Gasteiger partial charge >= 0.3 is 0 Å². The molecule has 1 heterocycles. The number of rotatable bonds is 5. The zero-order chi connectivity index (χ0) is 12.1. The van der Waals surface area contributed by atoms with E-state index in [4.69, 9.17) is 0 Å². The minimum atomic E-state index is 0.532. The molecule has 0 bridgehead atoms. The fraction of sp³-hybridized carbons (Fsp3) is 0.615. The van der Waals surface area contributed by atoms with Gasteiger partial charge in [-0.3, -0.25) is 4.98 Å². The standard InChI is InChI=1S/C13H23N3/c1-10(2)11(3)16(5)13-6-7-15-12(8-13)9-14-4/h6-8,10-11,14H,9H2,1-5H3. The number of anilines is 1. The first-order valence-electron chi connectivity index (χ1n) is 5.88. The topological polar surface area (TPSA) is 28.2 Å². The van der Waals surface area contributed by atoms with Gasteiger partial charge in [0.2, 0.25) is 0 Å². The Bertz CT molecular complexity index is 323. The van der Waals surface area contributed by atoms with Gasteiger partial charge in [-0.15, -0.1) is 0 Å². The molecule has 1 N–H and O–H groups in total. The van der Waals surface area contributed by atoms with Gasteiger partial charge in [0.05, 0.1) is 5.69 Å². The smallest absolute Gasteiger partial charge is 0.0562 e. The van der Waals surface area contributed by atoms with Crippen LogP contribution in [0.3, 0.4) is 0 Å². The highest BCUT2D eigenvalue weighted by atomic mass is 15.1. The highest BCUT2D eigenvalue weighted by Gasteiger charge is 2.13. The van der Waals surface area contributed by atoms with Crippen molar-refractivity contribution in [3.8, 4) is 0 Å². The van der Waals surface area contributed by atoms with E-state index in [1.165, 1.54) is 5.69 Å². The molecule has 1 atom stereocenters. The van der Waals surface area contributed by atoms with E-state index < -0.39 is 0 Å². The van der Waals surface area contributed by atoms with Crippen LogP contribution in [0.1, 0.15) is 26.5 Å². The van der Waals surface area contributed by atoms with Gasteiger partial charge in [-0.25, -0.2) is 0 Å². The van der Waals surface area contributed by atoms with Crippen LogP contribution in [0, 0.1) is 5.92 Å². The molecular formula is C13H23N3. The van der Waals surface area contributed by atoms with Crippen molar-refractivity contribution in [3.05, 3.63) is 24.0 Å². The third kappa shape index (κ3) is 3.20. The molecule has 1 aromatic heterocycles. The van der Waals surface area contributed by atoms with Gasteiger partial charge in [0, 0.05) is 31.5 Å². The number of pyridine rings is 1. The molecule has 1 unspecified atom stereocenters. The Morgan fingerprint density at radius 1 is 1.38 bits per heavy atom. The van der Waals surface area contributed by atoms with Crippen LogP contribution in [0.25, 0.3) is 0 Å². The summed E-state index contributed by atoms with van der Waals surface area (Å²) in [7, 11) is 4.08. The molecule has 1 rings (SSSR count). The Hall–Kier alpha value is -1.09. The van der Waals surface area contributed by atoms with Crippen molar-refractivity contribution >= 4 is 5.69 Å². The van der Waals surface area contributed by atoms with Crippen molar-refractivity contribution in [1.29, 1.82) is 0 Å². The number of nitrogens with one attached hydrogen (secondary N) is 1. The highest BCUT2D eigenvalue weighted by Crippen LogP contribution is 2.19. The average molecular weight is 221 g/mol. The largest absolute Gasteiger partial charge is 0.372 e. The summed E-state index contributed by atoms with van der Waals surface area (Å²) in [6.07, 6.45) is 1.88. The molecule has 3 nitrogen and oxygen atoms in total. The van der Waals surface area contributed by atoms with Crippen molar-refractivity contribution < 1.29 is 0 Å². The van der Waals surface area contributed by atoms with Crippen LogP contribution in [0.5, 0.6) is 0 Å². The van der Waals surface area contributed by atoms with E-state index in [9.17, 15) is 0 Å². The van der Waals surface area contributed by atoms with Crippen LogP contribution in [0.2, 0.25) is 0 Å². The van der Waals surface area contributed by atoms with Crippen molar-refractivity contribution in [3.63, 3.8) is 0 Å². The van der Waals surface area contributed by atoms with Crippen molar-refractivity contribution in [2.45, 2.75) is 33.4 Å². The lowest BCUT2D eigenvalue weighted by molar-refractivity contribution is 0.505. The summed E-state index contributed by atoms with van der Waals surface area (Å²) < 4.78 is 0. The maximum absolute atomic E-state index is 4.33. The number of aromatic nitrogens is 1. The van der Waals surface area contributed by atoms with Gasteiger partial charge in [0.15, 0.2) is 0 Å². The normalized spacial score (nSPS) is 12.9. The molecule has 0 fully saturated rings. The molecule has 0 aliphatic carbocycles. The maximum Gasteiger partial charge on any atom is 0.0562 e. The average Bonchev–Trinajstić information content (AvgIpc) is 2.28. The molecule has 0 saturated heterocycles. The Balaban J connectivity index is 2.82. The third-order valence-corrected chi connectivity index (χ3v) is 3.14. The van der Waals surface area contributed by atoms with E-state index in [0.29, 0.717) is 12.0 Å². The summed E-state index contributed by atoms with van der Waals surface area (Å²) in [5, 5.41) is 3.12. The lowest BCUT2D eigenvalue weighted by atomic mass is 10.0. The molecule has 0 saturated carbocycles. The van der Waals surface area contributed by atoms with Gasteiger partial charge in [-0.1, -0.05) is 13.8 Å². The highest BCUT2D eigenvalue weighted by molar-refractivity contribution is 5.46. The van der Waals surface area contributed by atoms with Crippen LogP contribution in [0.4, 0.5) is 5.69 Å². The monoisotopic (exact) mass is 221 g/mol. The zero-order valence-electron chi connectivity index (χ0n) is 11.0. The molecule has 0 aliphatic rings. The van der Waals surface area contributed by atoms with Crippen LogP contribution in [-0.2, 0) is 6.54 Å². The Morgan fingerprint density at radius 2 is 2.06 bits per heavy atom. The van der Waals surface area contributed by atoms with Gasteiger partial charge in [0.1, 0.15) is 0 Å². The predicted octanol–water partition coefficient (Wildman–Crippen LogP) is 2.28. The second-order valence-corrected chi connectivity index (χ2v) is 4.63. The fourth-order valence-corrected chi connectivity index (χ4v) is 1.64. The molecule has 16 heavy (non-hydrogen) atoms. The van der Waals surface area contributed by atoms with Gasteiger partial charge in [-0.05, 0) is 32.0 Å². The summed E-state index contributed by atoms with van der Waals surface area (Å²) in [5.74, 6) is 0.644. The van der Waals surface area contributed by atoms with E-state index in [2.05, 4.69) is 55.2 Å². The summed E-state index contributed by atoms with van der Waals surface area (Å²) in [6.45, 7) is 7.56. The van der Waals surface area contributed by atoms with Gasteiger partial charge < -0.3 is 10.2 Å². The maximum atomic E-state index is 4.33. The van der Waals surface area contributed by atoms with Crippen molar-refractivity contribution in [2.75, 3.05) is 19.0 Å². The molecule has 0 aromatic carbocycles. The molecule has 0 aliphatic heterocycles. The molecular weight excluding hydrogens is 198 g/mol. The molecule has 0 spiro atoms. The summed E-state index contributed by atoms with van der Waals surface area (Å²) in [6, 6.07) is 4.75. The first-order chi connectivity index (χ1) is 7.56. The molecule has 90 valence electrons. The van der Waals surface area contributed by atoms with Crippen LogP contribution in [0.15, 0.2) is 18.3 Å². The lowest BCUT2D eigenvalue weighted by Gasteiger charge is -2.30. The molecule has 0 radical (unpaired) electrons. The predicted molar refractivity (Wildman–Crippen MR) is 69.7 cm³/mol. The summed E-state index contributed by atoms with van der Waals surface area (Å²) in [4.78, 5) is 6.64. The third-order valence-electron chi connectivity index (χ3n) is 3.14. The fourth-order valence-electron chi connectivity index (χ4n) is 1.64. The first kappa shape index (κ1) is 13.0. The van der Waals surface area contributed by atoms with Crippen LogP contribution < -0.4 is 10.2 Å². The van der Waals surface area contributed by atoms with Gasteiger partial charge in [-0.2, -0.15) is 0 Å². The first-order valence-corrected chi connectivity index (χ1v) is 5.88. The minimum absolute atomic E-state index is 0.532. The zero-order valence-corrected chi connectivity index (χ0v) is 11.0. The van der Waals surface area contributed by atoms with Crippen molar-refractivity contribution in [2.24, 2.45) is 5.92 Å². The van der Waals surface area contributed by atoms with E-state index >= 15 is 0 Å². The Morgan fingerprint density at radius 3 is 2.62 bits per heavy atom. The van der Waals surface area contributed by atoms with E-state index in [1.54, 1.807) is 0 Å². The molecule has 0 amide bonds. The Kier molecular flexibility index (Phi) is 4.74. The lowest BCUT2D eigenvalue weighted by Crippen LogP contribution is -2.33.